The molecule has 1 N–H and O–H groups in total. The van der Waals surface area contributed by atoms with E-state index in [9.17, 15) is 0 Å². The lowest BCUT2D eigenvalue weighted by molar-refractivity contribution is 0.0357. The summed E-state index contributed by atoms with van der Waals surface area (Å²) in [6.45, 7) is 9.18. The zero-order valence-corrected chi connectivity index (χ0v) is 18.6. The van der Waals surface area contributed by atoms with E-state index in [1.807, 2.05) is 56.4 Å². The van der Waals surface area contributed by atoms with Crippen LogP contribution in [0.3, 0.4) is 0 Å². The molecule has 0 spiro atoms. The van der Waals surface area contributed by atoms with Crippen LogP contribution >= 0.6 is 0 Å². The van der Waals surface area contributed by atoms with Crippen molar-refractivity contribution < 1.29 is 14.2 Å². The summed E-state index contributed by atoms with van der Waals surface area (Å²) in [5.41, 5.74) is 1.73. The molecule has 0 aliphatic carbocycles. The molecule has 3 rings (SSSR count). The highest BCUT2D eigenvalue weighted by Gasteiger charge is 2.13. The number of anilines is 1. The number of benzene rings is 1. The monoisotopic (exact) mass is 424 g/mol. The fourth-order valence-electron chi connectivity index (χ4n) is 3.39. The first kappa shape index (κ1) is 22.8. The number of methoxy groups -OCH3 is 1. The summed E-state index contributed by atoms with van der Waals surface area (Å²) in [5, 5.41) is 4.27. The number of fused-ring (bicyclic) bond motifs is 1. The van der Waals surface area contributed by atoms with E-state index in [0.29, 0.717) is 18.1 Å². The van der Waals surface area contributed by atoms with Gasteiger partial charge in [0.05, 0.1) is 32.4 Å². The van der Waals surface area contributed by atoms with Gasteiger partial charge in [0.1, 0.15) is 12.1 Å². The summed E-state index contributed by atoms with van der Waals surface area (Å²) in [7, 11) is 1.64. The van der Waals surface area contributed by atoms with E-state index in [-0.39, 0.29) is 0 Å². The van der Waals surface area contributed by atoms with Gasteiger partial charge in [0.2, 0.25) is 0 Å². The molecule has 2 heterocycles. The molecule has 7 heteroatoms. The van der Waals surface area contributed by atoms with E-state index < -0.39 is 0 Å². The minimum Gasteiger partial charge on any atom is -0.493 e. The van der Waals surface area contributed by atoms with Gasteiger partial charge in [0.15, 0.2) is 11.5 Å². The highest BCUT2D eigenvalue weighted by atomic mass is 16.5. The zero-order valence-electron chi connectivity index (χ0n) is 18.6. The first-order valence-electron chi connectivity index (χ1n) is 10.7. The largest absolute Gasteiger partial charge is 0.493 e. The van der Waals surface area contributed by atoms with Crippen molar-refractivity contribution in [2.24, 2.45) is 0 Å². The summed E-state index contributed by atoms with van der Waals surface area (Å²) in [6, 6.07) is 3.85. The lowest BCUT2D eigenvalue weighted by Gasteiger charge is -2.26. The van der Waals surface area contributed by atoms with Crippen LogP contribution in [0.15, 0.2) is 54.5 Å². The maximum absolute atomic E-state index is 6.09. The third-order valence-electron chi connectivity index (χ3n) is 4.98. The quantitative estimate of drug-likeness (QED) is 0.453. The lowest BCUT2D eigenvalue weighted by Crippen LogP contribution is -2.37. The van der Waals surface area contributed by atoms with Crippen LogP contribution in [-0.2, 0) is 4.74 Å². The van der Waals surface area contributed by atoms with E-state index in [2.05, 4.69) is 20.2 Å². The molecule has 1 fully saturated rings. The molecule has 1 aliphatic rings. The lowest BCUT2D eigenvalue weighted by atomic mass is 10.2. The Kier molecular flexibility index (Phi) is 8.87. The van der Waals surface area contributed by atoms with Crippen LogP contribution < -0.4 is 14.8 Å². The number of ether oxygens (including phenoxy) is 3. The predicted molar refractivity (Wildman–Crippen MR) is 125 cm³/mol. The molecule has 1 aromatic carbocycles. The number of morpholine rings is 1. The molecule has 1 aromatic heterocycles. The Morgan fingerprint density at radius 3 is 2.74 bits per heavy atom. The van der Waals surface area contributed by atoms with Gasteiger partial charge in [-0.2, -0.15) is 0 Å². The normalized spacial score (nSPS) is 15.8. The van der Waals surface area contributed by atoms with Crippen LogP contribution in [0, 0.1) is 0 Å². The van der Waals surface area contributed by atoms with Gasteiger partial charge in [0.25, 0.3) is 0 Å². The Labute approximate surface area is 184 Å². The van der Waals surface area contributed by atoms with Crippen molar-refractivity contribution in [3.05, 3.63) is 54.5 Å². The Morgan fingerprint density at radius 2 is 2.00 bits per heavy atom. The Balaban J connectivity index is 1.77. The number of rotatable bonds is 10. The van der Waals surface area contributed by atoms with Crippen molar-refractivity contribution in [1.82, 2.24) is 14.9 Å². The third-order valence-corrected chi connectivity index (χ3v) is 4.98. The molecule has 0 amide bonds. The van der Waals surface area contributed by atoms with Crippen molar-refractivity contribution in [3.63, 3.8) is 0 Å². The second-order valence-corrected chi connectivity index (χ2v) is 7.17. The SMILES string of the molecule is C\C=C/C=C(\C=C/C)Nc1ncnc2cc(OC)c(OCCCN3CCOCC3)cc12. The maximum atomic E-state index is 6.09. The van der Waals surface area contributed by atoms with Gasteiger partial charge in [-0.25, -0.2) is 9.97 Å². The number of hydrogen-bond acceptors (Lipinski definition) is 7. The van der Waals surface area contributed by atoms with Crippen LogP contribution in [0.25, 0.3) is 10.9 Å². The Hall–Kier alpha value is -2.90. The molecule has 0 bridgehead atoms. The van der Waals surface area contributed by atoms with Gasteiger partial charge in [-0.1, -0.05) is 18.2 Å². The minimum atomic E-state index is 0.612. The molecule has 0 atom stereocenters. The van der Waals surface area contributed by atoms with E-state index in [0.717, 1.165) is 61.7 Å². The molecule has 1 aliphatic heterocycles. The van der Waals surface area contributed by atoms with E-state index in [4.69, 9.17) is 14.2 Å². The summed E-state index contributed by atoms with van der Waals surface area (Å²) < 4.78 is 17.0. The second-order valence-electron chi connectivity index (χ2n) is 7.17. The molecule has 0 saturated carbocycles. The van der Waals surface area contributed by atoms with Crippen molar-refractivity contribution >= 4 is 16.7 Å². The average molecular weight is 425 g/mol. The van der Waals surface area contributed by atoms with E-state index in [1.165, 1.54) is 0 Å². The second kappa shape index (κ2) is 12.1. The highest BCUT2D eigenvalue weighted by molar-refractivity contribution is 5.92. The molecule has 0 radical (unpaired) electrons. The number of nitrogens with zero attached hydrogens (tertiary/aromatic N) is 3. The Bertz CT molecular complexity index is 934. The van der Waals surface area contributed by atoms with Gasteiger partial charge in [-0.15, -0.1) is 0 Å². The molecule has 31 heavy (non-hydrogen) atoms. The van der Waals surface area contributed by atoms with Crippen LogP contribution in [0.5, 0.6) is 11.5 Å². The van der Waals surface area contributed by atoms with Gasteiger partial charge in [-0.3, -0.25) is 4.90 Å². The van der Waals surface area contributed by atoms with Gasteiger partial charge < -0.3 is 19.5 Å². The standard InChI is InChI=1S/C24H32N4O3/c1-4-6-9-19(8-5-2)27-24-20-16-23(22(29-3)17-21(20)25-18-26-24)31-13-7-10-28-11-14-30-15-12-28/h4-6,8-9,16-18H,7,10-15H2,1-3H3,(H,25,26,27)/b6-4-,8-5-,19-9+. The van der Waals surface area contributed by atoms with E-state index >= 15 is 0 Å². The first-order chi connectivity index (χ1) is 15.2. The van der Waals surface area contributed by atoms with E-state index in [1.54, 1.807) is 13.4 Å². The number of nitrogens with one attached hydrogen (secondary N) is 1. The van der Waals surface area contributed by atoms with Crippen molar-refractivity contribution in [2.45, 2.75) is 20.3 Å². The van der Waals surface area contributed by atoms with Crippen LogP contribution in [0.4, 0.5) is 5.82 Å². The smallest absolute Gasteiger partial charge is 0.162 e. The predicted octanol–water partition coefficient (Wildman–Crippen LogP) is 4.19. The highest BCUT2D eigenvalue weighted by Crippen LogP contribution is 2.34. The fraction of sp³-hybridized carbons (Fsp3) is 0.417. The van der Waals surface area contributed by atoms with Gasteiger partial charge >= 0.3 is 0 Å². The number of hydrogen-bond donors (Lipinski definition) is 1. The molecule has 2 aromatic rings. The maximum Gasteiger partial charge on any atom is 0.162 e. The van der Waals surface area contributed by atoms with Crippen molar-refractivity contribution in [2.75, 3.05) is 51.9 Å². The molecular formula is C24H32N4O3. The topological polar surface area (TPSA) is 68.7 Å². The van der Waals surface area contributed by atoms with Crippen molar-refractivity contribution in [1.29, 1.82) is 0 Å². The van der Waals surface area contributed by atoms with Crippen LogP contribution in [-0.4, -0.2) is 61.4 Å². The zero-order chi connectivity index (χ0) is 21.9. The summed E-state index contributed by atoms with van der Waals surface area (Å²) in [6.07, 6.45) is 12.4. The average Bonchev–Trinajstić information content (AvgIpc) is 2.81. The van der Waals surface area contributed by atoms with Crippen LogP contribution in [0.1, 0.15) is 20.3 Å². The number of aromatic nitrogens is 2. The third kappa shape index (κ3) is 6.54. The Morgan fingerprint density at radius 1 is 1.16 bits per heavy atom. The molecule has 1 saturated heterocycles. The minimum absolute atomic E-state index is 0.612. The number of allylic oxidation sites excluding steroid dienone is 5. The molecule has 166 valence electrons. The first-order valence-corrected chi connectivity index (χ1v) is 10.7. The fourth-order valence-corrected chi connectivity index (χ4v) is 3.39. The van der Waals surface area contributed by atoms with Crippen molar-refractivity contribution in [3.8, 4) is 11.5 Å². The summed E-state index contributed by atoms with van der Waals surface area (Å²) in [5.74, 6) is 2.08. The molecule has 7 nitrogen and oxygen atoms in total. The molecule has 0 unspecified atom stereocenters. The van der Waals surface area contributed by atoms with Crippen LogP contribution in [0.2, 0.25) is 0 Å². The summed E-state index contributed by atoms with van der Waals surface area (Å²) in [4.78, 5) is 11.3. The van der Waals surface area contributed by atoms with Gasteiger partial charge in [0, 0.05) is 36.8 Å². The van der Waals surface area contributed by atoms with Gasteiger partial charge in [-0.05, 0) is 38.5 Å². The summed E-state index contributed by atoms with van der Waals surface area (Å²) >= 11 is 0. The molecular weight excluding hydrogens is 392 g/mol.